The number of para-hydroxylation sites is 2. The Morgan fingerprint density at radius 2 is 1.89 bits per heavy atom. The van der Waals surface area contributed by atoms with Crippen molar-refractivity contribution in [1.82, 2.24) is 14.9 Å². The van der Waals surface area contributed by atoms with Crippen LogP contribution < -0.4 is 10.1 Å². The van der Waals surface area contributed by atoms with E-state index in [4.69, 9.17) is 16.3 Å². The quantitative estimate of drug-likeness (QED) is 0.553. The Labute approximate surface area is 170 Å². The van der Waals surface area contributed by atoms with E-state index in [-0.39, 0.29) is 5.91 Å². The Morgan fingerprint density at radius 3 is 2.61 bits per heavy atom. The number of nitrogens with zero attached hydrogens (tertiary/aromatic N) is 2. The molecule has 148 valence electrons. The molecular weight excluding hydrogens is 374 g/mol. The zero-order chi connectivity index (χ0) is 20.1. The van der Waals surface area contributed by atoms with Gasteiger partial charge in [-0.1, -0.05) is 23.7 Å². The molecule has 0 aliphatic rings. The fraction of sp³-hybridized carbons (Fsp3) is 0.364. The number of aromatic nitrogens is 2. The average molecular weight is 400 g/mol. The average Bonchev–Trinajstić information content (AvgIpc) is 3.02. The third-order valence-corrected chi connectivity index (χ3v) is 5.28. The maximum absolute atomic E-state index is 11.3. The molecule has 1 N–H and O–H groups in total. The van der Waals surface area contributed by atoms with Crippen LogP contribution in [0.5, 0.6) is 5.75 Å². The monoisotopic (exact) mass is 399 g/mol. The van der Waals surface area contributed by atoms with Gasteiger partial charge in [-0.2, -0.15) is 0 Å². The molecule has 0 radical (unpaired) electrons. The second-order valence-corrected chi connectivity index (χ2v) is 7.38. The molecule has 2 aromatic carbocycles. The highest BCUT2D eigenvalue weighted by Gasteiger charge is 2.10. The molecule has 0 aliphatic carbocycles. The highest BCUT2D eigenvalue weighted by atomic mass is 35.5. The summed E-state index contributed by atoms with van der Waals surface area (Å²) in [6.45, 7) is 7.41. The lowest BCUT2D eigenvalue weighted by molar-refractivity contribution is -0.119. The van der Waals surface area contributed by atoms with Crippen molar-refractivity contribution in [2.24, 2.45) is 0 Å². The standard InChI is InChI=1S/C22H26ClN3O2/c1-15-12-18(13-16(2)22(15)23)28-11-7-6-10-26-20-9-5-4-8-19(20)25-21(26)14-24-17(3)27/h4-5,8-9,12-13H,6-7,10-11,14H2,1-3H3,(H,24,27). The number of benzene rings is 2. The fourth-order valence-corrected chi connectivity index (χ4v) is 3.37. The molecule has 6 heteroatoms. The summed E-state index contributed by atoms with van der Waals surface area (Å²) in [6, 6.07) is 12.0. The van der Waals surface area contributed by atoms with Crippen molar-refractivity contribution in [2.75, 3.05) is 6.61 Å². The highest BCUT2D eigenvalue weighted by molar-refractivity contribution is 6.32. The van der Waals surface area contributed by atoms with Gasteiger partial charge in [-0.25, -0.2) is 4.98 Å². The largest absolute Gasteiger partial charge is 0.494 e. The number of nitrogens with one attached hydrogen (secondary N) is 1. The first kappa shape index (κ1) is 20.2. The van der Waals surface area contributed by atoms with Crippen LogP contribution in [0.4, 0.5) is 0 Å². The number of carbonyl (C=O) groups is 1. The van der Waals surface area contributed by atoms with E-state index in [1.54, 1.807) is 0 Å². The SMILES string of the molecule is CC(=O)NCc1nc2ccccc2n1CCCCOc1cc(C)c(Cl)c(C)c1. The Bertz CT molecular complexity index is 958. The first-order chi connectivity index (χ1) is 13.5. The summed E-state index contributed by atoms with van der Waals surface area (Å²) in [5.41, 5.74) is 4.10. The van der Waals surface area contributed by atoms with Gasteiger partial charge in [0, 0.05) is 18.5 Å². The molecule has 1 amide bonds. The number of unbranched alkanes of at least 4 members (excludes halogenated alkanes) is 1. The fourth-order valence-electron chi connectivity index (χ4n) is 3.26. The maximum Gasteiger partial charge on any atom is 0.217 e. The number of hydrogen-bond donors (Lipinski definition) is 1. The summed E-state index contributed by atoms with van der Waals surface area (Å²) in [5.74, 6) is 1.68. The molecule has 0 saturated heterocycles. The third kappa shape index (κ3) is 4.84. The van der Waals surface area contributed by atoms with Gasteiger partial charge in [0.05, 0.1) is 24.2 Å². The number of rotatable bonds is 8. The number of amides is 1. The lowest BCUT2D eigenvalue weighted by atomic mass is 10.1. The van der Waals surface area contributed by atoms with Gasteiger partial charge >= 0.3 is 0 Å². The van der Waals surface area contributed by atoms with Crippen molar-refractivity contribution >= 4 is 28.5 Å². The molecule has 5 nitrogen and oxygen atoms in total. The van der Waals surface area contributed by atoms with Crippen molar-refractivity contribution in [1.29, 1.82) is 0 Å². The van der Waals surface area contributed by atoms with Crippen molar-refractivity contribution in [3.05, 3.63) is 58.4 Å². The summed E-state index contributed by atoms with van der Waals surface area (Å²) in [6.07, 6.45) is 1.88. The van der Waals surface area contributed by atoms with Crippen LogP contribution in [-0.2, 0) is 17.9 Å². The summed E-state index contributed by atoms with van der Waals surface area (Å²) in [7, 11) is 0. The van der Waals surface area contributed by atoms with E-state index in [1.165, 1.54) is 6.92 Å². The second kappa shape index (κ2) is 9.11. The molecule has 0 fully saturated rings. The topological polar surface area (TPSA) is 56.2 Å². The van der Waals surface area contributed by atoms with E-state index in [0.717, 1.165) is 58.1 Å². The summed E-state index contributed by atoms with van der Waals surface area (Å²) in [5, 5.41) is 3.64. The van der Waals surface area contributed by atoms with Gasteiger partial charge in [0.25, 0.3) is 0 Å². The normalized spacial score (nSPS) is 11.0. The van der Waals surface area contributed by atoms with Crippen LogP contribution in [0, 0.1) is 13.8 Å². The van der Waals surface area contributed by atoms with Crippen LogP contribution >= 0.6 is 11.6 Å². The zero-order valence-corrected chi connectivity index (χ0v) is 17.3. The number of hydrogen-bond acceptors (Lipinski definition) is 3. The molecular formula is C22H26ClN3O2. The van der Waals surface area contributed by atoms with Crippen LogP contribution in [0.15, 0.2) is 36.4 Å². The number of aryl methyl sites for hydroxylation is 3. The summed E-state index contributed by atoms with van der Waals surface area (Å²) >= 11 is 6.21. The molecule has 3 aromatic rings. The van der Waals surface area contributed by atoms with E-state index in [1.807, 2.05) is 44.2 Å². The van der Waals surface area contributed by atoms with Crippen LogP contribution in [0.3, 0.4) is 0 Å². The number of halogens is 1. The van der Waals surface area contributed by atoms with Gasteiger partial charge in [-0.3, -0.25) is 4.79 Å². The summed E-state index contributed by atoms with van der Waals surface area (Å²) < 4.78 is 8.08. The number of ether oxygens (including phenoxy) is 1. The second-order valence-electron chi connectivity index (χ2n) is 7.00. The van der Waals surface area contributed by atoms with Crippen molar-refractivity contribution < 1.29 is 9.53 Å². The summed E-state index contributed by atoms with van der Waals surface area (Å²) in [4.78, 5) is 15.9. The Balaban J connectivity index is 1.59. The van der Waals surface area contributed by atoms with E-state index < -0.39 is 0 Å². The van der Waals surface area contributed by atoms with Crippen LogP contribution in [0.2, 0.25) is 5.02 Å². The van der Waals surface area contributed by atoms with Crippen LogP contribution in [-0.4, -0.2) is 22.1 Å². The smallest absolute Gasteiger partial charge is 0.217 e. The molecule has 0 unspecified atom stereocenters. The highest BCUT2D eigenvalue weighted by Crippen LogP contribution is 2.26. The molecule has 0 aliphatic heterocycles. The van der Waals surface area contributed by atoms with Crippen LogP contribution in [0.25, 0.3) is 11.0 Å². The van der Waals surface area contributed by atoms with E-state index in [0.29, 0.717) is 13.2 Å². The molecule has 0 saturated carbocycles. The zero-order valence-electron chi connectivity index (χ0n) is 16.6. The van der Waals surface area contributed by atoms with Crippen molar-refractivity contribution in [3.63, 3.8) is 0 Å². The van der Waals surface area contributed by atoms with Crippen LogP contribution in [0.1, 0.15) is 36.7 Å². The first-order valence-corrected chi connectivity index (χ1v) is 9.91. The molecule has 1 heterocycles. The predicted molar refractivity (Wildman–Crippen MR) is 113 cm³/mol. The van der Waals surface area contributed by atoms with Gasteiger partial charge in [0.15, 0.2) is 0 Å². The lowest BCUT2D eigenvalue weighted by Gasteiger charge is -2.12. The molecule has 0 atom stereocenters. The first-order valence-electron chi connectivity index (χ1n) is 9.54. The van der Waals surface area contributed by atoms with E-state index in [2.05, 4.69) is 20.9 Å². The molecule has 0 bridgehead atoms. The van der Waals surface area contributed by atoms with Gasteiger partial charge in [0.2, 0.25) is 5.91 Å². The molecule has 1 aromatic heterocycles. The minimum atomic E-state index is -0.0550. The van der Waals surface area contributed by atoms with E-state index >= 15 is 0 Å². The van der Waals surface area contributed by atoms with Gasteiger partial charge in [0.1, 0.15) is 11.6 Å². The Morgan fingerprint density at radius 1 is 1.18 bits per heavy atom. The maximum atomic E-state index is 11.3. The lowest BCUT2D eigenvalue weighted by Crippen LogP contribution is -2.21. The van der Waals surface area contributed by atoms with Crippen molar-refractivity contribution in [2.45, 2.75) is 46.7 Å². The van der Waals surface area contributed by atoms with E-state index in [9.17, 15) is 4.79 Å². The minimum Gasteiger partial charge on any atom is -0.494 e. The van der Waals surface area contributed by atoms with Crippen molar-refractivity contribution in [3.8, 4) is 5.75 Å². The van der Waals surface area contributed by atoms with Gasteiger partial charge in [-0.15, -0.1) is 0 Å². The molecule has 0 spiro atoms. The molecule has 3 rings (SSSR count). The van der Waals surface area contributed by atoms with Gasteiger partial charge in [-0.05, 0) is 62.1 Å². The third-order valence-electron chi connectivity index (χ3n) is 4.68. The Kier molecular flexibility index (Phi) is 6.57. The number of fused-ring (bicyclic) bond motifs is 1. The minimum absolute atomic E-state index is 0.0550. The Hall–Kier alpha value is -2.53. The van der Waals surface area contributed by atoms with Gasteiger partial charge < -0.3 is 14.6 Å². The molecule has 28 heavy (non-hydrogen) atoms. The number of imidazole rings is 1. The number of carbonyl (C=O) groups excluding carboxylic acids is 1. The predicted octanol–water partition coefficient (Wildman–Crippen LogP) is 4.80.